The molecule has 0 aliphatic carbocycles. The monoisotopic (exact) mass is 482 g/mol. The van der Waals surface area contributed by atoms with E-state index in [0.29, 0.717) is 40.6 Å². The van der Waals surface area contributed by atoms with Crippen molar-refractivity contribution in [1.82, 2.24) is 14.8 Å². The molecule has 2 aromatic carbocycles. The Morgan fingerprint density at radius 1 is 1.12 bits per heavy atom. The zero-order valence-electron chi connectivity index (χ0n) is 19.9. The highest BCUT2D eigenvalue weighted by Gasteiger charge is 2.15. The van der Waals surface area contributed by atoms with Crippen LogP contribution in [0, 0.1) is 0 Å². The second-order valence-electron chi connectivity index (χ2n) is 7.71. The quantitative estimate of drug-likeness (QED) is 0.290. The van der Waals surface area contributed by atoms with Crippen molar-refractivity contribution in [3.05, 3.63) is 66.5 Å². The van der Waals surface area contributed by atoms with Crippen molar-refractivity contribution in [3.63, 3.8) is 0 Å². The van der Waals surface area contributed by atoms with E-state index in [-0.39, 0.29) is 18.3 Å². The number of carbonyl (C=O) groups excluding carboxylic acids is 1. The molecule has 0 atom stereocenters. The van der Waals surface area contributed by atoms with Crippen molar-refractivity contribution in [3.8, 4) is 17.2 Å². The Balaban J connectivity index is 1.63. The Morgan fingerprint density at radius 2 is 1.85 bits per heavy atom. The first-order chi connectivity index (χ1) is 16.4. The van der Waals surface area contributed by atoms with E-state index in [4.69, 9.17) is 14.2 Å². The number of hydrogen-bond acceptors (Lipinski definition) is 7. The number of allylic oxidation sites excluding steroid dienone is 1. The van der Waals surface area contributed by atoms with E-state index in [1.165, 1.54) is 17.3 Å². The third kappa shape index (κ3) is 6.54. The molecule has 0 fully saturated rings. The number of nitrogens with one attached hydrogen (secondary N) is 1. The van der Waals surface area contributed by atoms with Crippen molar-refractivity contribution >= 4 is 23.4 Å². The molecule has 3 aromatic rings. The van der Waals surface area contributed by atoms with Gasteiger partial charge in [-0.1, -0.05) is 43.8 Å². The van der Waals surface area contributed by atoms with Crippen LogP contribution in [-0.4, -0.2) is 40.6 Å². The van der Waals surface area contributed by atoms with Gasteiger partial charge in [0.1, 0.15) is 23.9 Å². The third-order valence-electron chi connectivity index (χ3n) is 5.03. The number of aromatic nitrogens is 3. The number of ether oxygens (including phenoxy) is 3. The van der Waals surface area contributed by atoms with Crippen molar-refractivity contribution in [2.24, 2.45) is 0 Å². The van der Waals surface area contributed by atoms with Gasteiger partial charge in [0.25, 0.3) is 0 Å². The Labute approximate surface area is 204 Å². The van der Waals surface area contributed by atoms with E-state index in [1.807, 2.05) is 16.7 Å². The smallest absolute Gasteiger partial charge is 0.234 e. The van der Waals surface area contributed by atoms with Gasteiger partial charge in [-0.15, -0.1) is 16.8 Å². The first-order valence-corrected chi connectivity index (χ1v) is 11.8. The van der Waals surface area contributed by atoms with E-state index in [1.54, 1.807) is 38.5 Å². The van der Waals surface area contributed by atoms with Crippen LogP contribution < -0.4 is 19.5 Å². The van der Waals surface area contributed by atoms with Crippen LogP contribution in [0.2, 0.25) is 0 Å². The summed E-state index contributed by atoms with van der Waals surface area (Å²) in [5, 5.41) is 12.0. The van der Waals surface area contributed by atoms with Crippen LogP contribution in [0.1, 0.15) is 31.2 Å². The van der Waals surface area contributed by atoms with Crippen molar-refractivity contribution in [2.45, 2.75) is 38.1 Å². The second kappa shape index (κ2) is 12.1. The number of benzene rings is 2. The Kier molecular flexibility index (Phi) is 8.98. The maximum Gasteiger partial charge on any atom is 0.234 e. The maximum absolute atomic E-state index is 12.6. The number of carbonyl (C=O) groups is 1. The molecule has 0 saturated carbocycles. The van der Waals surface area contributed by atoms with E-state index >= 15 is 0 Å². The summed E-state index contributed by atoms with van der Waals surface area (Å²) in [5.41, 5.74) is 1.79. The molecule has 34 heavy (non-hydrogen) atoms. The summed E-state index contributed by atoms with van der Waals surface area (Å²) in [6, 6.07) is 13.3. The fourth-order valence-corrected chi connectivity index (χ4v) is 3.94. The molecule has 1 heterocycles. The molecule has 1 amide bonds. The van der Waals surface area contributed by atoms with Gasteiger partial charge in [0.15, 0.2) is 11.0 Å². The topological polar surface area (TPSA) is 87.5 Å². The summed E-state index contributed by atoms with van der Waals surface area (Å²) in [6.45, 7) is 8.89. The standard InChI is InChI=1S/C25H30N4O4S/c1-6-13-29-23(15-33-19-9-7-18(8-10-19)17(2)3)27-28-25(29)34-16-24(30)26-21-14-20(31-4)11-12-22(21)32-5/h6-12,14,17H,1,13,15-16H2,2-5H3,(H,26,30). The number of rotatable bonds is 12. The molecule has 0 unspecified atom stereocenters. The molecule has 0 bridgehead atoms. The fourth-order valence-electron chi connectivity index (χ4n) is 3.17. The van der Waals surface area contributed by atoms with Crippen LogP contribution in [0.4, 0.5) is 5.69 Å². The number of nitrogens with zero attached hydrogens (tertiary/aromatic N) is 3. The lowest BCUT2D eigenvalue weighted by molar-refractivity contribution is -0.113. The molecular weight excluding hydrogens is 452 g/mol. The molecular formula is C25H30N4O4S. The van der Waals surface area contributed by atoms with Gasteiger partial charge >= 0.3 is 0 Å². The lowest BCUT2D eigenvalue weighted by Gasteiger charge is -2.12. The Morgan fingerprint density at radius 3 is 2.50 bits per heavy atom. The van der Waals surface area contributed by atoms with Gasteiger partial charge in [-0.05, 0) is 35.7 Å². The summed E-state index contributed by atoms with van der Waals surface area (Å²) in [4.78, 5) is 12.6. The number of anilines is 1. The van der Waals surface area contributed by atoms with Crippen molar-refractivity contribution in [1.29, 1.82) is 0 Å². The number of amides is 1. The first-order valence-electron chi connectivity index (χ1n) is 10.9. The van der Waals surface area contributed by atoms with E-state index < -0.39 is 0 Å². The zero-order chi connectivity index (χ0) is 24.5. The lowest BCUT2D eigenvalue weighted by Crippen LogP contribution is -2.15. The van der Waals surface area contributed by atoms with Gasteiger partial charge in [0.05, 0.1) is 25.7 Å². The van der Waals surface area contributed by atoms with E-state index in [9.17, 15) is 4.79 Å². The van der Waals surface area contributed by atoms with Gasteiger partial charge in [0.2, 0.25) is 5.91 Å². The summed E-state index contributed by atoms with van der Waals surface area (Å²) in [6.07, 6.45) is 1.76. The van der Waals surface area contributed by atoms with E-state index in [0.717, 1.165) is 5.75 Å². The number of hydrogen-bond donors (Lipinski definition) is 1. The molecule has 3 rings (SSSR count). The third-order valence-corrected chi connectivity index (χ3v) is 6.00. The summed E-state index contributed by atoms with van der Waals surface area (Å²) in [7, 11) is 3.12. The number of methoxy groups -OCH3 is 2. The van der Waals surface area contributed by atoms with E-state index in [2.05, 4.69) is 48.1 Å². The largest absolute Gasteiger partial charge is 0.497 e. The van der Waals surface area contributed by atoms with Gasteiger partial charge in [-0.2, -0.15) is 0 Å². The Hall–Kier alpha value is -3.46. The lowest BCUT2D eigenvalue weighted by atomic mass is 10.0. The van der Waals surface area contributed by atoms with Gasteiger partial charge < -0.3 is 19.5 Å². The zero-order valence-corrected chi connectivity index (χ0v) is 20.7. The molecule has 0 aliphatic rings. The molecule has 0 radical (unpaired) electrons. The first kappa shape index (κ1) is 25.2. The molecule has 8 nitrogen and oxygen atoms in total. The van der Waals surface area contributed by atoms with Crippen molar-refractivity contribution < 1.29 is 19.0 Å². The predicted octanol–water partition coefficient (Wildman–Crippen LogP) is 4.91. The predicted molar refractivity (Wildman–Crippen MR) is 134 cm³/mol. The minimum Gasteiger partial charge on any atom is -0.497 e. The van der Waals surface area contributed by atoms with Crippen LogP contribution in [0.5, 0.6) is 17.2 Å². The van der Waals surface area contributed by atoms with Crippen molar-refractivity contribution in [2.75, 3.05) is 25.3 Å². The van der Waals surface area contributed by atoms with Crippen LogP contribution in [0.3, 0.4) is 0 Å². The molecule has 180 valence electrons. The molecule has 0 spiro atoms. The fraction of sp³-hybridized carbons (Fsp3) is 0.320. The summed E-state index contributed by atoms with van der Waals surface area (Å²) in [5.74, 6) is 3.00. The molecule has 0 saturated heterocycles. The van der Waals surface area contributed by atoms with Crippen LogP contribution in [0.25, 0.3) is 0 Å². The minimum absolute atomic E-state index is 0.146. The summed E-state index contributed by atoms with van der Waals surface area (Å²) < 4.78 is 18.3. The average molecular weight is 483 g/mol. The highest BCUT2D eigenvalue weighted by atomic mass is 32.2. The highest BCUT2D eigenvalue weighted by molar-refractivity contribution is 7.99. The summed E-state index contributed by atoms with van der Waals surface area (Å²) >= 11 is 1.29. The van der Waals surface area contributed by atoms with Gasteiger partial charge in [-0.3, -0.25) is 9.36 Å². The van der Waals surface area contributed by atoms with Gasteiger partial charge in [0, 0.05) is 12.6 Å². The van der Waals surface area contributed by atoms with Crippen LogP contribution in [-0.2, 0) is 17.9 Å². The van der Waals surface area contributed by atoms with Crippen LogP contribution in [0.15, 0.2) is 60.3 Å². The molecule has 9 heteroatoms. The number of thioether (sulfide) groups is 1. The maximum atomic E-state index is 12.6. The Bertz CT molecular complexity index is 1110. The van der Waals surface area contributed by atoms with Crippen LogP contribution >= 0.6 is 11.8 Å². The molecule has 0 aliphatic heterocycles. The normalized spacial score (nSPS) is 10.7. The van der Waals surface area contributed by atoms with Gasteiger partial charge in [-0.25, -0.2) is 0 Å². The molecule has 1 N–H and O–H groups in total. The minimum atomic E-state index is -0.201. The highest BCUT2D eigenvalue weighted by Crippen LogP contribution is 2.29. The molecule has 1 aromatic heterocycles. The SMILES string of the molecule is C=CCn1c(COc2ccc(C(C)C)cc2)nnc1SCC(=O)Nc1cc(OC)ccc1OC. The average Bonchev–Trinajstić information content (AvgIpc) is 3.23. The second-order valence-corrected chi connectivity index (χ2v) is 8.66.